The molecule has 0 aliphatic heterocycles. The van der Waals surface area contributed by atoms with Gasteiger partial charge in [0, 0.05) is 13.2 Å². The Labute approximate surface area is 132 Å². The maximum atomic E-state index is 8.94. The van der Waals surface area contributed by atoms with Crippen LogP contribution in [0.25, 0.3) is 0 Å². The number of hydrogen-bond acceptors (Lipinski definition) is 3. The van der Waals surface area contributed by atoms with Gasteiger partial charge in [0.2, 0.25) is 0 Å². The summed E-state index contributed by atoms with van der Waals surface area (Å²) >= 11 is 0. The summed E-state index contributed by atoms with van der Waals surface area (Å²) in [5.41, 5.74) is 0. The fourth-order valence-electron chi connectivity index (χ4n) is 3.13. The Morgan fingerprint density at radius 1 is 1.05 bits per heavy atom. The largest absolute Gasteiger partial charge is 0.395 e. The van der Waals surface area contributed by atoms with Crippen LogP contribution in [-0.2, 0) is 4.74 Å². The molecule has 1 fully saturated rings. The lowest BCUT2D eigenvalue weighted by Gasteiger charge is -2.27. The molecule has 21 heavy (non-hydrogen) atoms. The summed E-state index contributed by atoms with van der Waals surface area (Å²) in [6, 6.07) is 0. The molecule has 0 aromatic rings. The van der Waals surface area contributed by atoms with Gasteiger partial charge in [-0.05, 0) is 64.0 Å². The predicted molar refractivity (Wildman–Crippen MR) is 89.4 cm³/mol. The van der Waals surface area contributed by atoms with Crippen LogP contribution in [0.2, 0.25) is 0 Å². The zero-order valence-electron chi connectivity index (χ0n) is 14.3. The SMILES string of the molecule is CC[C]1CCC(OCCCCCCN(CC)CCO)CC1. The van der Waals surface area contributed by atoms with E-state index in [-0.39, 0.29) is 6.61 Å². The first-order valence-electron chi connectivity index (χ1n) is 9.08. The van der Waals surface area contributed by atoms with Gasteiger partial charge < -0.3 is 14.7 Å². The lowest BCUT2D eigenvalue weighted by Crippen LogP contribution is -2.27. The van der Waals surface area contributed by atoms with E-state index in [4.69, 9.17) is 9.84 Å². The number of unbranched alkanes of at least 4 members (excludes halogenated alkanes) is 3. The summed E-state index contributed by atoms with van der Waals surface area (Å²) < 4.78 is 6.01. The van der Waals surface area contributed by atoms with Gasteiger partial charge in [-0.15, -0.1) is 0 Å². The zero-order valence-corrected chi connectivity index (χ0v) is 14.3. The first kappa shape index (κ1) is 18.9. The topological polar surface area (TPSA) is 32.7 Å². The molecule has 3 heteroatoms. The molecule has 1 radical (unpaired) electrons. The number of nitrogens with zero attached hydrogens (tertiary/aromatic N) is 1. The number of rotatable bonds is 12. The van der Waals surface area contributed by atoms with Gasteiger partial charge in [-0.25, -0.2) is 0 Å². The number of hydrogen-bond donors (Lipinski definition) is 1. The fraction of sp³-hybridized carbons (Fsp3) is 0.944. The molecule has 1 aliphatic rings. The first-order chi connectivity index (χ1) is 10.3. The van der Waals surface area contributed by atoms with Crippen molar-refractivity contribution in [3.8, 4) is 0 Å². The van der Waals surface area contributed by atoms with Crippen molar-refractivity contribution in [1.29, 1.82) is 0 Å². The standard InChI is InChI=1S/C18H36NO2/c1-3-17-9-11-18(12-10-17)21-16-8-6-5-7-13-19(4-2)14-15-20/h18,20H,3-16H2,1-2H3. The highest BCUT2D eigenvalue weighted by Crippen LogP contribution is 2.29. The van der Waals surface area contributed by atoms with Crippen molar-refractivity contribution in [3.05, 3.63) is 5.92 Å². The Morgan fingerprint density at radius 2 is 1.76 bits per heavy atom. The van der Waals surface area contributed by atoms with Gasteiger partial charge in [0.15, 0.2) is 0 Å². The van der Waals surface area contributed by atoms with Crippen LogP contribution in [0.3, 0.4) is 0 Å². The van der Waals surface area contributed by atoms with Gasteiger partial charge in [-0.2, -0.15) is 0 Å². The van der Waals surface area contributed by atoms with Crippen molar-refractivity contribution in [1.82, 2.24) is 4.90 Å². The van der Waals surface area contributed by atoms with E-state index in [1.807, 2.05) is 0 Å². The van der Waals surface area contributed by atoms with Crippen molar-refractivity contribution < 1.29 is 9.84 Å². The highest BCUT2D eigenvalue weighted by atomic mass is 16.5. The van der Waals surface area contributed by atoms with E-state index in [2.05, 4.69) is 18.7 Å². The van der Waals surface area contributed by atoms with Crippen molar-refractivity contribution in [2.45, 2.75) is 77.7 Å². The van der Waals surface area contributed by atoms with E-state index < -0.39 is 0 Å². The van der Waals surface area contributed by atoms with E-state index in [0.29, 0.717) is 6.10 Å². The summed E-state index contributed by atoms with van der Waals surface area (Å²) in [7, 11) is 0. The quantitative estimate of drug-likeness (QED) is 0.556. The maximum Gasteiger partial charge on any atom is 0.0575 e. The molecule has 125 valence electrons. The van der Waals surface area contributed by atoms with Gasteiger partial charge in [0.05, 0.1) is 12.7 Å². The van der Waals surface area contributed by atoms with Gasteiger partial charge in [-0.1, -0.05) is 26.7 Å². The monoisotopic (exact) mass is 298 g/mol. The molecule has 0 spiro atoms. The molecule has 0 aromatic carbocycles. The Kier molecular flexibility index (Phi) is 11.2. The van der Waals surface area contributed by atoms with Crippen LogP contribution in [0, 0.1) is 5.92 Å². The van der Waals surface area contributed by atoms with Crippen molar-refractivity contribution in [3.63, 3.8) is 0 Å². The minimum Gasteiger partial charge on any atom is -0.395 e. The number of aliphatic hydroxyl groups is 1. The number of ether oxygens (including phenoxy) is 1. The van der Waals surface area contributed by atoms with Crippen LogP contribution in [0.4, 0.5) is 0 Å². The minimum absolute atomic E-state index is 0.278. The third-order valence-corrected chi connectivity index (χ3v) is 4.73. The Hall–Kier alpha value is -0.120. The fourth-order valence-corrected chi connectivity index (χ4v) is 3.13. The van der Waals surface area contributed by atoms with Crippen molar-refractivity contribution >= 4 is 0 Å². The van der Waals surface area contributed by atoms with E-state index in [0.717, 1.165) is 26.2 Å². The molecule has 0 amide bonds. The van der Waals surface area contributed by atoms with Gasteiger partial charge in [-0.3, -0.25) is 0 Å². The third-order valence-electron chi connectivity index (χ3n) is 4.73. The second-order valence-corrected chi connectivity index (χ2v) is 6.25. The molecule has 1 saturated carbocycles. The maximum absolute atomic E-state index is 8.94. The molecular weight excluding hydrogens is 262 g/mol. The van der Waals surface area contributed by atoms with Crippen molar-refractivity contribution in [2.24, 2.45) is 0 Å². The average Bonchev–Trinajstić information content (AvgIpc) is 2.53. The zero-order chi connectivity index (χ0) is 15.3. The number of aliphatic hydroxyl groups excluding tert-OH is 1. The van der Waals surface area contributed by atoms with Crippen LogP contribution in [0.1, 0.15) is 71.6 Å². The molecule has 0 aromatic heterocycles. The normalized spacial score (nSPS) is 17.7. The number of likely N-dealkylation sites (N-methyl/N-ethyl adjacent to an activating group) is 1. The first-order valence-corrected chi connectivity index (χ1v) is 9.08. The smallest absolute Gasteiger partial charge is 0.0575 e. The average molecular weight is 298 g/mol. The lowest BCUT2D eigenvalue weighted by molar-refractivity contribution is 0.0290. The Morgan fingerprint density at radius 3 is 2.38 bits per heavy atom. The van der Waals surface area contributed by atoms with Gasteiger partial charge in [0.25, 0.3) is 0 Å². The molecule has 0 heterocycles. The van der Waals surface area contributed by atoms with Crippen LogP contribution in [0.15, 0.2) is 0 Å². The van der Waals surface area contributed by atoms with E-state index in [9.17, 15) is 0 Å². The van der Waals surface area contributed by atoms with Crippen LogP contribution < -0.4 is 0 Å². The predicted octanol–water partition coefficient (Wildman–Crippen LogP) is 3.80. The molecule has 1 aliphatic carbocycles. The summed E-state index contributed by atoms with van der Waals surface area (Å²) in [6.07, 6.45) is 11.9. The summed E-state index contributed by atoms with van der Waals surface area (Å²) in [4.78, 5) is 2.32. The van der Waals surface area contributed by atoms with Gasteiger partial charge >= 0.3 is 0 Å². The van der Waals surface area contributed by atoms with E-state index >= 15 is 0 Å². The van der Waals surface area contributed by atoms with Crippen LogP contribution in [0.5, 0.6) is 0 Å². The minimum atomic E-state index is 0.278. The van der Waals surface area contributed by atoms with Crippen LogP contribution >= 0.6 is 0 Å². The summed E-state index contributed by atoms with van der Waals surface area (Å²) in [5, 5.41) is 8.94. The molecule has 0 atom stereocenters. The van der Waals surface area contributed by atoms with Crippen LogP contribution in [-0.4, -0.2) is 49.0 Å². The highest BCUT2D eigenvalue weighted by Gasteiger charge is 2.20. The Bertz CT molecular complexity index is 227. The molecule has 1 N–H and O–H groups in total. The third kappa shape index (κ3) is 8.80. The Balaban J connectivity index is 1.88. The highest BCUT2D eigenvalue weighted by molar-refractivity contribution is 4.93. The molecule has 0 bridgehead atoms. The summed E-state index contributed by atoms with van der Waals surface area (Å²) in [5.74, 6) is 1.73. The molecule has 3 nitrogen and oxygen atoms in total. The summed E-state index contributed by atoms with van der Waals surface area (Å²) in [6.45, 7) is 8.64. The van der Waals surface area contributed by atoms with E-state index in [1.54, 1.807) is 5.92 Å². The molecule has 1 rings (SSSR count). The molecule has 0 saturated heterocycles. The lowest BCUT2D eigenvalue weighted by atomic mass is 9.86. The molecular formula is C18H36NO2. The second-order valence-electron chi connectivity index (χ2n) is 6.25. The van der Waals surface area contributed by atoms with E-state index in [1.165, 1.54) is 57.8 Å². The van der Waals surface area contributed by atoms with Crippen molar-refractivity contribution in [2.75, 3.05) is 32.8 Å². The molecule has 0 unspecified atom stereocenters. The second kappa shape index (κ2) is 12.4. The van der Waals surface area contributed by atoms with Gasteiger partial charge in [0.1, 0.15) is 0 Å².